The fourth-order valence-electron chi connectivity index (χ4n) is 1.45. The number of sulfonamides is 1. The van der Waals surface area contributed by atoms with Crippen molar-refractivity contribution in [3.8, 4) is 0 Å². The molecule has 188 valence electrons. The Bertz CT molecular complexity index is 942. The Morgan fingerprint density at radius 1 is 0.613 bits per heavy atom. The molecular formula is C10H6F17NO2S. The second-order valence-corrected chi connectivity index (χ2v) is 6.92. The molecule has 21 heteroatoms. The van der Waals surface area contributed by atoms with Crippen molar-refractivity contribution in [2.24, 2.45) is 0 Å². The highest BCUT2D eigenvalue weighted by atomic mass is 32.2. The average Bonchev–Trinajstić information content (AvgIpc) is 2.57. The first kappa shape index (κ1) is 21.6. The summed E-state index contributed by atoms with van der Waals surface area (Å²) in [5.74, 6) is -52.9. The van der Waals surface area contributed by atoms with Crippen LogP contribution in [-0.4, -0.2) is 61.9 Å². The van der Waals surface area contributed by atoms with Gasteiger partial charge in [0.15, 0.2) is 0 Å². The normalized spacial score (nSPS) is 19.8. The van der Waals surface area contributed by atoms with Crippen LogP contribution in [0.25, 0.3) is 0 Å². The molecule has 0 amide bonds. The van der Waals surface area contributed by atoms with Gasteiger partial charge in [-0.25, -0.2) is 13.1 Å². The molecule has 0 heterocycles. The van der Waals surface area contributed by atoms with Crippen LogP contribution >= 0.6 is 0 Å². The highest BCUT2D eigenvalue weighted by Crippen LogP contribution is 2.64. The third-order valence-electron chi connectivity index (χ3n) is 3.22. The number of nitrogens with one attached hydrogen (secondary N) is 1. The molecule has 0 saturated heterocycles. The topological polar surface area (TPSA) is 46.2 Å². The first-order valence-corrected chi connectivity index (χ1v) is 7.69. The van der Waals surface area contributed by atoms with Crippen LogP contribution in [0.1, 0.15) is 13.7 Å². The Morgan fingerprint density at radius 3 is 1.19 bits per heavy atom. The van der Waals surface area contributed by atoms with Gasteiger partial charge in [-0.15, -0.1) is 0 Å². The van der Waals surface area contributed by atoms with Gasteiger partial charge in [-0.2, -0.15) is 74.6 Å². The largest absolute Gasteiger partial charge is 0.460 e. The lowest BCUT2D eigenvalue weighted by Gasteiger charge is -2.42. The minimum Gasteiger partial charge on any atom is -0.210 e. The summed E-state index contributed by atoms with van der Waals surface area (Å²) in [6, 6.07) is 0. The summed E-state index contributed by atoms with van der Waals surface area (Å²) < 4.78 is 277. The molecule has 0 unspecified atom stereocenters. The van der Waals surface area contributed by atoms with Crippen molar-refractivity contribution in [3.05, 3.63) is 0 Å². The molecule has 0 bridgehead atoms. The molecular weight excluding hydrogens is 521 g/mol. The second kappa shape index (κ2) is 7.37. The molecule has 0 spiro atoms. The van der Waals surface area contributed by atoms with Crippen LogP contribution in [0, 0.1) is 0 Å². The number of alkyl halides is 17. The fraction of sp³-hybridized carbons (Fsp3) is 1.00. The van der Waals surface area contributed by atoms with Gasteiger partial charge < -0.3 is 0 Å². The summed E-state index contributed by atoms with van der Waals surface area (Å²) in [6.07, 6.45) is -7.97. The Hall–Kier alpha value is -1.28. The monoisotopic (exact) mass is 532 g/mol. The predicted molar refractivity (Wildman–Crippen MR) is 63.3 cm³/mol. The Kier molecular flexibility index (Phi) is 5.13. The minimum atomic E-state index is -9.05. The summed E-state index contributed by atoms with van der Waals surface area (Å²) >= 11 is 0. The van der Waals surface area contributed by atoms with Crippen molar-refractivity contribution in [3.63, 3.8) is 0 Å². The lowest BCUT2D eigenvalue weighted by atomic mass is 9.91. The van der Waals surface area contributed by atoms with Crippen LogP contribution in [0.5, 0.6) is 0 Å². The van der Waals surface area contributed by atoms with E-state index in [0.29, 0.717) is 0 Å². The smallest absolute Gasteiger partial charge is 0.210 e. The summed E-state index contributed by atoms with van der Waals surface area (Å²) in [5, 5.41) is -8.07. The lowest BCUT2D eigenvalue weighted by Crippen LogP contribution is -2.75. The van der Waals surface area contributed by atoms with E-state index in [1.54, 1.807) is 0 Å². The van der Waals surface area contributed by atoms with E-state index in [1.807, 2.05) is 0 Å². The highest BCUT2D eigenvalue weighted by Gasteiger charge is 2.96. The van der Waals surface area contributed by atoms with Crippen LogP contribution in [0.15, 0.2) is 0 Å². The molecule has 0 aromatic carbocycles. The Labute approximate surface area is 166 Å². The van der Waals surface area contributed by atoms with Gasteiger partial charge in [0.25, 0.3) is 10.0 Å². The van der Waals surface area contributed by atoms with Gasteiger partial charge >= 0.3 is 47.0 Å². The van der Waals surface area contributed by atoms with Gasteiger partial charge in [0.1, 0.15) is 0 Å². The van der Waals surface area contributed by atoms with Crippen LogP contribution in [0.3, 0.4) is 0 Å². The van der Waals surface area contributed by atoms with Crippen molar-refractivity contribution in [2.75, 3.05) is 6.50 Å². The van der Waals surface area contributed by atoms with E-state index in [9.17, 15) is 83.1 Å². The summed E-state index contributed by atoms with van der Waals surface area (Å²) in [4.78, 5) is 0. The zero-order valence-corrected chi connectivity index (χ0v) is 14.0. The van der Waals surface area contributed by atoms with Crippen molar-refractivity contribution in [2.45, 2.75) is 53.8 Å². The number of rotatable bonds is 9. The molecule has 0 aliphatic carbocycles. The standard InChI is InChI=1S/C10H6F17NO2S/c1-2-28-31(29,30)10(26,27)8(21,22)6(17,18)4(13,14)3(11,12)5(15,16)7(19,20)9(23,24)25/h28H,2H2,1H3/i1D3,2D2. The molecule has 0 saturated carbocycles. The zero-order chi connectivity index (χ0) is 30.2. The van der Waals surface area contributed by atoms with E-state index >= 15 is 0 Å². The van der Waals surface area contributed by atoms with Crippen LogP contribution < -0.4 is 4.72 Å². The predicted octanol–water partition coefficient (Wildman–Crippen LogP) is 4.89. The maximum absolute atomic E-state index is 13.7. The fourth-order valence-corrected chi connectivity index (χ4v) is 2.18. The van der Waals surface area contributed by atoms with E-state index < -0.39 is 75.1 Å². The van der Waals surface area contributed by atoms with Gasteiger partial charge in [0, 0.05) is 13.4 Å². The first-order valence-electron chi connectivity index (χ1n) is 8.70. The third-order valence-corrected chi connectivity index (χ3v) is 4.52. The summed E-state index contributed by atoms with van der Waals surface area (Å²) in [5.41, 5.74) is 0. The van der Waals surface area contributed by atoms with E-state index in [4.69, 9.17) is 6.85 Å². The summed E-state index contributed by atoms with van der Waals surface area (Å²) in [7, 11) is -8.08. The van der Waals surface area contributed by atoms with Crippen LogP contribution in [-0.2, 0) is 10.0 Å². The van der Waals surface area contributed by atoms with Gasteiger partial charge in [-0.3, -0.25) is 0 Å². The SMILES string of the molecule is [2H]C([2H])([2H])C([2H])([2H])NS(=O)(=O)C(F)(F)C(F)(F)C(F)(F)C(F)(F)C(F)(F)C(F)(F)C(F)(F)C(F)(F)F. The van der Waals surface area contributed by atoms with Crippen molar-refractivity contribution >= 4 is 10.0 Å². The molecule has 0 rings (SSSR count). The quantitative estimate of drug-likeness (QED) is 0.430. The molecule has 0 atom stereocenters. The van der Waals surface area contributed by atoms with E-state index in [0.717, 1.165) is 0 Å². The van der Waals surface area contributed by atoms with Gasteiger partial charge in [-0.1, -0.05) is 6.85 Å². The molecule has 0 aromatic heterocycles. The first-order chi connectivity index (χ1) is 15.0. The van der Waals surface area contributed by atoms with Crippen LogP contribution in [0.2, 0.25) is 0 Å². The van der Waals surface area contributed by atoms with Crippen molar-refractivity contribution < 1.29 is 89.9 Å². The molecule has 31 heavy (non-hydrogen) atoms. The van der Waals surface area contributed by atoms with Gasteiger partial charge in [-0.05, 0) is 0 Å². The maximum atomic E-state index is 13.7. The molecule has 0 aliphatic rings. The Morgan fingerprint density at radius 2 is 0.903 bits per heavy atom. The van der Waals surface area contributed by atoms with E-state index in [1.165, 1.54) is 0 Å². The Balaban J connectivity index is 7.01. The average molecular weight is 532 g/mol. The lowest BCUT2D eigenvalue weighted by molar-refractivity contribution is -0.458. The van der Waals surface area contributed by atoms with Gasteiger partial charge in [0.2, 0.25) is 0 Å². The maximum Gasteiger partial charge on any atom is 0.460 e. The van der Waals surface area contributed by atoms with E-state index in [-0.39, 0.29) is 0 Å². The minimum absolute atomic E-state index is 0.514. The molecule has 0 aromatic rings. The molecule has 0 fully saturated rings. The number of hydrogen-bond donors (Lipinski definition) is 1. The van der Waals surface area contributed by atoms with E-state index in [2.05, 4.69) is 0 Å². The molecule has 3 nitrogen and oxygen atoms in total. The summed E-state index contributed by atoms with van der Waals surface area (Å²) in [6.45, 7) is -9.29. The number of hydrogen-bond acceptors (Lipinski definition) is 2. The van der Waals surface area contributed by atoms with Crippen molar-refractivity contribution in [1.29, 1.82) is 0 Å². The van der Waals surface area contributed by atoms with Crippen molar-refractivity contribution in [1.82, 2.24) is 4.72 Å². The molecule has 1 N–H and O–H groups in total. The molecule has 0 radical (unpaired) electrons. The number of halogens is 17. The van der Waals surface area contributed by atoms with Gasteiger partial charge in [0.05, 0.1) is 0 Å². The zero-order valence-electron chi connectivity index (χ0n) is 18.2. The second-order valence-electron chi connectivity index (χ2n) is 5.19. The van der Waals surface area contributed by atoms with Crippen LogP contribution in [0.4, 0.5) is 74.6 Å². The highest BCUT2D eigenvalue weighted by molar-refractivity contribution is 7.90. The molecule has 0 aliphatic heterocycles. The third kappa shape index (κ3) is 3.67.